The van der Waals surface area contributed by atoms with E-state index >= 15 is 0 Å². The summed E-state index contributed by atoms with van der Waals surface area (Å²) in [5.41, 5.74) is -1.15. The standard InChI is InChI=1S/C11H18N2O3.CH4O.Na.2HO3P/c1-4-6-7(3)11(5-2)8(14)12-10(16)13-9(11)15;1-2;;2*1-4(2)3/h7H,4-6H2,1-3H3,(H2,12,13,14,15,16);2H,1H3;;2*(H-,1,2,3)/q;;+1;;/p+1. The number of carbonyl (C=O) groups excluding carboxylic acids is 2. The van der Waals surface area contributed by atoms with Crippen molar-refractivity contribution in [3.63, 3.8) is 0 Å². The van der Waals surface area contributed by atoms with Gasteiger partial charge < -0.3 is 15.5 Å². The summed E-state index contributed by atoms with van der Waals surface area (Å²) in [6.45, 7) is 5.62. The molecule has 0 saturated heterocycles. The molecule has 0 saturated carbocycles. The van der Waals surface area contributed by atoms with E-state index in [1.807, 2.05) is 13.8 Å². The van der Waals surface area contributed by atoms with E-state index in [1.165, 1.54) is 0 Å². The molecule has 1 rings (SSSR count). The van der Waals surface area contributed by atoms with Crippen LogP contribution in [-0.4, -0.2) is 49.6 Å². The molecule has 0 aromatic heterocycles. The normalized spacial score (nSPS) is 18.3. The maximum atomic E-state index is 11.9. The Balaban J connectivity index is -0.000000202. The average molecular weight is 442 g/mol. The summed E-state index contributed by atoms with van der Waals surface area (Å²) in [5.74, 6) is -1.20. The van der Waals surface area contributed by atoms with Gasteiger partial charge >= 0.3 is 46.1 Å². The Bertz CT molecular complexity index is 500. The molecule has 0 aromatic carbocycles. The molecule has 2 atom stereocenters. The Morgan fingerprint density at radius 1 is 1.11 bits per heavy atom. The van der Waals surface area contributed by atoms with Crippen molar-refractivity contribution in [2.24, 2.45) is 16.3 Å². The van der Waals surface area contributed by atoms with Gasteiger partial charge in [0.25, 0.3) is 5.91 Å². The fourth-order valence-corrected chi connectivity index (χ4v) is 2.30. The van der Waals surface area contributed by atoms with E-state index in [0.29, 0.717) is 6.42 Å². The minimum Gasteiger partial charge on any atom is -0.846 e. The van der Waals surface area contributed by atoms with E-state index in [4.69, 9.17) is 33.8 Å². The molecule has 0 bridgehead atoms. The zero-order valence-corrected chi connectivity index (χ0v) is 19.6. The molecule has 0 fully saturated rings. The van der Waals surface area contributed by atoms with Gasteiger partial charge in [0, 0.05) is 16.2 Å². The third-order valence-corrected chi connectivity index (χ3v) is 3.33. The van der Waals surface area contributed by atoms with E-state index in [0.717, 1.165) is 20.0 Å². The van der Waals surface area contributed by atoms with Crippen LogP contribution in [-0.2, 0) is 18.7 Å². The second-order valence-corrected chi connectivity index (χ2v) is 5.71. The molecule has 0 aliphatic carbocycles. The van der Waals surface area contributed by atoms with Crippen molar-refractivity contribution in [3.05, 3.63) is 0 Å². The predicted octanol–water partition coefficient (Wildman–Crippen LogP) is -3.94. The van der Waals surface area contributed by atoms with Crippen molar-refractivity contribution >= 4 is 34.3 Å². The first kappa shape index (κ1) is 34.1. The van der Waals surface area contributed by atoms with Crippen LogP contribution in [0.5, 0.6) is 0 Å². The van der Waals surface area contributed by atoms with Crippen molar-refractivity contribution in [1.29, 1.82) is 0 Å². The van der Waals surface area contributed by atoms with Crippen LogP contribution >= 0.6 is 16.5 Å². The number of amides is 2. The van der Waals surface area contributed by atoms with Crippen LogP contribution in [0.2, 0.25) is 0 Å². The van der Waals surface area contributed by atoms with Gasteiger partial charge in [-0.25, -0.2) is 4.99 Å². The summed E-state index contributed by atoms with van der Waals surface area (Å²) in [5, 5.41) is 20.1. The van der Waals surface area contributed by atoms with E-state index in [2.05, 4.69) is 10.3 Å². The molecule has 6 N–H and O–H groups in total. The number of aliphatic hydroxyl groups is 1. The molecule has 27 heavy (non-hydrogen) atoms. The van der Waals surface area contributed by atoms with Crippen LogP contribution < -0.4 is 40.0 Å². The molecule has 1 heterocycles. The zero-order valence-electron chi connectivity index (χ0n) is 15.8. The first-order valence-corrected chi connectivity index (χ1v) is 9.54. The largest absolute Gasteiger partial charge is 1.00 e. The number of rotatable bonds is 4. The molecule has 12 nitrogen and oxygen atoms in total. The average Bonchev–Trinajstić information content (AvgIpc) is 2.48. The van der Waals surface area contributed by atoms with Crippen LogP contribution in [0.1, 0.15) is 40.0 Å². The molecule has 2 amide bonds. The van der Waals surface area contributed by atoms with Gasteiger partial charge in [-0.15, -0.1) is 19.6 Å². The van der Waals surface area contributed by atoms with Crippen molar-refractivity contribution in [3.8, 4) is 0 Å². The monoisotopic (exact) mass is 442 g/mol. The van der Waals surface area contributed by atoms with Crippen molar-refractivity contribution in [2.75, 3.05) is 7.11 Å². The number of nitrogens with one attached hydrogen (secondary N) is 1. The number of hydrogen-bond donors (Lipinski definition) is 6. The molecule has 2 unspecified atom stereocenters. The van der Waals surface area contributed by atoms with Gasteiger partial charge in [-0.3, -0.25) is 9.59 Å². The van der Waals surface area contributed by atoms with Crippen LogP contribution in [0.25, 0.3) is 0 Å². The summed E-state index contributed by atoms with van der Waals surface area (Å²) < 4.78 is 17.4. The number of aliphatic imine (C=N–C) groups is 1. The van der Waals surface area contributed by atoms with Gasteiger partial charge in [-0.2, -0.15) is 0 Å². The quantitative estimate of drug-likeness (QED) is 0.141. The number of aliphatic hydroxyl groups excluding tert-OH is 1. The van der Waals surface area contributed by atoms with Crippen LogP contribution in [0.3, 0.4) is 0 Å². The molecular formula is C12H25N2NaO10P2+2. The third kappa shape index (κ3) is 14.3. The van der Waals surface area contributed by atoms with Crippen LogP contribution in [0.15, 0.2) is 4.99 Å². The van der Waals surface area contributed by atoms with E-state index in [9.17, 15) is 14.7 Å². The number of amidine groups is 1. The Kier molecular flexibility index (Phi) is 24.0. The minimum atomic E-state index is -2.87. The molecule has 1 aliphatic rings. The fraction of sp³-hybridized carbons (Fsp3) is 0.750. The second-order valence-electron chi connectivity index (χ2n) is 4.70. The SMILES string of the molecule is CCCC(C)C1(CC)C(=O)N=C([O-])NC1=O.CO.O=[P+](O)O.O=[P+](O)O.[Na+]. The van der Waals surface area contributed by atoms with E-state index in [-0.39, 0.29) is 35.5 Å². The molecule has 0 aromatic rings. The molecule has 0 radical (unpaired) electrons. The maximum absolute atomic E-state index is 11.9. The van der Waals surface area contributed by atoms with Gasteiger partial charge in [-0.1, -0.05) is 27.2 Å². The Labute approximate surface area is 180 Å². The Hall–Kier alpha value is -0.390. The minimum absolute atomic E-state index is 0. The third-order valence-electron chi connectivity index (χ3n) is 3.33. The summed E-state index contributed by atoms with van der Waals surface area (Å²) in [6, 6.07) is -0.845. The predicted molar refractivity (Wildman–Crippen MR) is 89.6 cm³/mol. The summed E-state index contributed by atoms with van der Waals surface area (Å²) in [4.78, 5) is 55.5. The Morgan fingerprint density at radius 3 is 1.74 bits per heavy atom. The molecule has 15 heteroatoms. The van der Waals surface area contributed by atoms with Crippen molar-refractivity contribution in [1.82, 2.24) is 5.32 Å². The summed E-state index contributed by atoms with van der Waals surface area (Å²) in [6.07, 6.45) is 2.02. The molecular weight excluding hydrogens is 417 g/mol. The van der Waals surface area contributed by atoms with Crippen LogP contribution in [0.4, 0.5) is 0 Å². The maximum Gasteiger partial charge on any atom is 1.00 e. The number of nitrogens with zero attached hydrogens (tertiary/aromatic N) is 1. The molecule has 1 aliphatic heterocycles. The van der Waals surface area contributed by atoms with Gasteiger partial charge in [0.1, 0.15) is 5.41 Å². The molecule has 0 spiro atoms. The number of hydrogen-bond acceptors (Lipinski definition) is 6. The van der Waals surface area contributed by atoms with Gasteiger partial charge in [0.05, 0.1) is 6.02 Å². The zero-order chi connectivity index (χ0) is 21.5. The summed E-state index contributed by atoms with van der Waals surface area (Å²) >= 11 is 0. The first-order valence-electron chi connectivity index (χ1n) is 7.21. The van der Waals surface area contributed by atoms with Crippen molar-refractivity contribution in [2.45, 2.75) is 40.0 Å². The molecule has 152 valence electrons. The number of carbonyl (C=O) groups is 2. The van der Waals surface area contributed by atoms with Gasteiger partial charge in [-0.05, 0) is 18.8 Å². The first-order chi connectivity index (χ1) is 11.9. The van der Waals surface area contributed by atoms with E-state index in [1.54, 1.807) is 6.92 Å². The van der Waals surface area contributed by atoms with E-state index < -0.39 is 39.8 Å². The second kappa shape index (κ2) is 18.9. The Morgan fingerprint density at radius 2 is 1.48 bits per heavy atom. The topological polar surface area (TPSA) is 217 Å². The fourth-order valence-electron chi connectivity index (χ4n) is 2.30. The van der Waals surface area contributed by atoms with Crippen molar-refractivity contribution < 1.29 is 78.1 Å². The van der Waals surface area contributed by atoms with Crippen LogP contribution in [0, 0.1) is 11.3 Å². The van der Waals surface area contributed by atoms with Gasteiger partial charge in [0.15, 0.2) is 0 Å². The summed E-state index contributed by atoms with van der Waals surface area (Å²) in [7, 11) is -4.74. The van der Waals surface area contributed by atoms with Gasteiger partial charge in [0.2, 0.25) is 5.91 Å². The smallest absolute Gasteiger partial charge is 0.846 e.